The van der Waals surface area contributed by atoms with Gasteiger partial charge in [0.1, 0.15) is 0 Å². The molecule has 1 aromatic rings. The van der Waals surface area contributed by atoms with Crippen LogP contribution in [0.1, 0.15) is 24.4 Å². The fourth-order valence-electron chi connectivity index (χ4n) is 1.07. The number of nitrogens with one attached hydrogen (secondary N) is 2. The van der Waals surface area contributed by atoms with Crippen LogP contribution in [-0.2, 0) is 4.79 Å². The molecule has 0 spiro atoms. The third kappa shape index (κ3) is 5.20. The van der Waals surface area contributed by atoms with Crippen molar-refractivity contribution < 1.29 is 14.0 Å². The van der Waals surface area contributed by atoms with Gasteiger partial charge in [-0.2, -0.15) is 0 Å². The number of nitrogens with two attached hydrogens (primary N) is 1. The number of halogens is 1. The summed E-state index contributed by atoms with van der Waals surface area (Å²) in [5.74, 6) is -0.323. The number of amides is 2. The lowest BCUT2D eigenvalue weighted by molar-refractivity contribution is -0.125. The Hall–Kier alpha value is -1.53. The lowest BCUT2D eigenvalue weighted by atomic mass is 10.1. The van der Waals surface area contributed by atoms with Crippen molar-refractivity contribution in [3.8, 4) is 0 Å². The predicted octanol–water partition coefficient (Wildman–Crippen LogP) is 0.285. The van der Waals surface area contributed by atoms with Crippen molar-refractivity contribution in [1.82, 2.24) is 10.6 Å². The van der Waals surface area contributed by atoms with E-state index in [2.05, 4.69) is 10.6 Å². The van der Waals surface area contributed by atoms with Crippen LogP contribution in [0.25, 0.3) is 0 Å². The zero-order chi connectivity index (χ0) is 12.9. The highest BCUT2D eigenvalue weighted by Crippen LogP contribution is 1.98. The van der Waals surface area contributed by atoms with E-state index in [1.165, 1.54) is 6.26 Å². The van der Waals surface area contributed by atoms with E-state index in [4.69, 9.17) is 10.2 Å². The number of hydrogen-bond acceptors (Lipinski definition) is 4. The van der Waals surface area contributed by atoms with E-state index >= 15 is 0 Å². The standard InChI is InChI=1S/C11H17N3O3.ClH/c1-11(2,12)10(16)14-6-5-13-9(15)8-4-3-7-17-8;/h3-4,7H,5-6,12H2,1-2H3,(H,13,15)(H,14,16);1H. The molecule has 6 nitrogen and oxygen atoms in total. The zero-order valence-electron chi connectivity index (χ0n) is 10.4. The van der Waals surface area contributed by atoms with Crippen LogP contribution < -0.4 is 16.4 Å². The summed E-state index contributed by atoms with van der Waals surface area (Å²) in [5.41, 5.74) is 4.67. The molecule has 7 heteroatoms. The number of hydrogen-bond donors (Lipinski definition) is 3. The maximum Gasteiger partial charge on any atom is 0.287 e. The third-order valence-corrected chi connectivity index (χ3v) is 2.03. The van der Waals surface area contributed by atoms with E-state index < -0.39 is 5.54 Å². The fraction of sp³-hybridized carbons (Fsp3) is 0.455. The highest BCUT2D eigenvalue weighted by atomic mass is 35.5. The van der Waals surface area contributed by atoms with Crippen molar-refractivity contribution in [2.24, 2.45) is 5.73 Å². The van der Waals surface area contributed by atoms with Crippen LogP contribution >= 0.6 is 12.4 Å². The molecule has 0 saturated carbocycles. The van der Waals surface area contributed by atoms with Crippen molar-refractivity contribution in [1.29, 1.82) is 0 Å². The van der Waals surface area contributed by atoms with Crippen molar-refractivity contribution in [3.05, 3.63) is 24.2 Å². The average molecular weight is 276 g/mol. The van der Waals surface area contributed by atoms with Gasteiger partial charge < -0.3 is 20.8 Å². The van der Waals surface area contributed by atoms with E-state index in [1.54, 1.807) is 26.0 Å². The summed E-state index contributed by atoms with van der Waals surface area (Å²) >= 11 is 0. The molecule has 0 atom stereocenters. The Morgan fingerprint density at radius 2 is 1.94 bits per heavy atom. The predicted molar refractivity (Wildman–Crippen MR) is 69.6 cm³/mol. The van der Waals surface area contributed by atoms with E-state index in [9.17, 15) is 9.59 Å². The molecule has 0 radical (unpaired) electrons. The molecular weight excluding hydrogens is 258 g/mol. The summed E-state index contributed by atoms with van der Waals surface area (Å²) in [5, 5.41) is 5.22. The van der Waals surface area contributed by atoms with Gasteiger partial charge in [0.25, 0.3) is 5.91 Å². The Bertz CT molecular complexity index is 385. The summed E-state index contributed by atoms with van der Waals surface area (Å²) in [6.45, 7) is 3.88. The van der Waals surface area contributed by atoms with Gasteiger partial charge in [-0.15, -0.1) is 12.4 Å². The Kier molecular flexibility index (Phi) is 6.43. The minimum atomic E-state index is -0.912. The van der Waals surface area contributed by atoms with E-state index in [0.29, 0.717) is 13.1 Å². The van der Waals surface area contributed by atoms with Gasteiger partial charge in [0.15, 0.2) is 5.76 Å². The fourth-order valence-corrected chi connectivity index (χ4v) is 1.07. The molecule has 0 aliphatic heterocycles. The van der Waals surface area contributed by atoms with Crippen LogP contribution in [-0.4, -0.2) is 30.4 Å². The maximum atomic E-state index is 11.4. The molecule has 2 amide bonds. The first kappa shape index (κ1) is 16.5. The monoisotopic (exact) mass is 275 g/mol. The number of furan rings is 1. The highest BCUT2D eigenvalue weighted by molar-refractivity contribution is 5.91. The SMILES string of the molecule is CC(C)(N)C(=O)NCCNC(=O)c1ccco1.Cl. The zero-order valence-corrected chi connectivity index (χ0v) is 11.2. The molecule has 1 heterocycles. The summed E-state index contributed by atoms with van der Waals surface area (Å²) in [6.07, 6.45) is 1.42. The van der Waals surface area contributed by atoms with E-state index in [0.717, 1.165) is 0 Å². The quantitative estimate of drug-likeness (QED) is 0.673. The second kappa shape index (κ2) is 7.03. The Morgan fingerprint density at radius 1 is 1.33 bits per heavy atom. The molecule has 102 valence electrons. The van der Waals surface area contributed by atoms with Gasteiger partial charge in [0.2, 0.25) is 5.91 Å². The van der Waals surface area contributed by atoms with Gasteiger partial charge >= 0.3 is 0 Å². The van der Waals surface area contributed by atoms with Gasteiger partial charge in [-0.25, -0.2) is 0 Å². The van der Waals surface area contributed by atoms with Gasteiger partial charge in [0.05, 0.1) is 11.8 Å². The molecule has 4 N–H and O–H groups in total. The van der Waals surface area contributed by atoms with Crippen LogP contribution in [0.3, 0.4) is 0 Å². The molecule has 0 aromatic carbocycles. The molecule has 0 aliphatic carbocycles. The lowest BCUT2D eigenvalue weighted by Gasteiger charge is -2.17. The summed E-state index contributed by atoms with van der Waals surface area (Å²) in [7, 11) is 0. The molecule has 1 rings (SSSR count). The first-order valence-corrected chi connectivity index (χ1v) is 5.30. The number of carbonyl (C=O) groups excluding carboxylic acids is 2. The molecule has 0 unspecified atom stereocenters. The van der Waals surface area contributed by atoms with Gasteiger partial charge in [-0.3, -0.25) is 9.59 Å². The van der Waals surface area contributed by atoms with Gasteiger partial charge in [0, 0.05) is 13.1 Å². The lowest BCUT2D eigenvalue weighted by Crippen LogP contribution is -2.50. The Labute approximate surface area is 112 Å². The molecule has 1 aromatic heterocycles. The normalized spacial score (nSPS) is 10.4. The van der Waals surface area contributed by atoms with Gasteiger partial charge in [-0.1, -0.05) is 0 Å². The second-order valence-electron chi connectivity index (χ2n) is 4.21. The van der Waals surface area contributed by atoms with Crippen molar-refractivity contribution in [3.63, 3.8) is 0 Å². The molecule has 0 aliphatic rings. The van der Waals surface area contributed by atoms with Gasteiger partial charge in [-0.05, 0) is 26.0 Å². The highest BCUT2D eigenvalue weighted by Gasteiger charge is 2.20. The first-order valence-electron chi connectivity index (χ1n) is 5.30. The Balaban J connectivity index is 0.00000289. The smallest absolute Gasteiger partial charge is 0.287 e. The van der Waals surface area contributed by atoms with Crippen LogP contribution in [0.15, 0.2) is 22.8 Å². The molecular formula is C11H18ClN3O3. The second-order valence-corrected chi connectivity index (χ2v) is 4.21. The summed E-state index contributed by atoms with van der Waals surface area (Å²) in [4.78, 5) is 22.8. The van der Waals surface area contributed by atoms with Crippen LogP contribution in [0.5, 0.6) is 0 Å². The topological polar surface area (TPSA) is 97.4 Å². The minimum absolute atomic E-state index is 0. The Morgan fingerprint density at radius 3 is 2.44 bits per heavy atom. The largest absolute Gasteiger partial charge is 0.459 e. The maximum absolute atomic E-state index is 11.4. The third-order valence-electron chi connectivity index (χ3n) is 2.03. The van der Waals surface area contributed by atoms with Crippen molar-refractivity contribution >= 4 is 24.2 Å². The van der Waals surface area contributed by atoms with Crippen LogP contribution in [0, 0.1) is 0 Å². The van der Waals surface area contributed by atoms with E-state index in [-0.39, 0.29) is 30.0 Å². The van der Waals surface area contributed by atoms with Crippen LogP contribution in [0.4, 0.5) is 0 Å². The molecule has 18 heavy (non-hydrogen) atoms. The first-order chi connectivity index (χ1) is 7.91. The average Bonchev–Trinajstić information content (AvgIpc) is 2.75. The van der Waals surface area contributed by atoms with Crippen molar-refractivity contribution in [2.45, 2.75) is 19.4 Å². The number of carbonyl (C=O) groups is 2. The molecule has 0 bridgehead atoms. The molecule has 0 saturated heterocycles. The molecule has 0 fully saturated rings. The minimum Gasteiger partial charge on any atom is -0.459 e. The van der Waals surface area contributed by atoms with E-state index in [1.807, 2.05) is 0 Å². The summed E-state index contributed by atoms with van der Waals surface area (Å²) in [6, 6.07) is 3.20. The summed E-state index contributed by atoms with van der Waals surface area (Å²) < 4.78 is 4.91. The van der Waals surface area contributed by atoms with Crippen molar-refractivity contribution in [2.75, 3.05) is 13.1 Å². The van der Waals surface area contributed by atoms with Crippen LogP contribution in [0.2, 0.25) is 0 Å². The number of rotatable bonds is 5.